The summed E-state index contributed by atoms with van der Waals surface area (Å²) in [5.74, 6) is 0.268. The fraction of sp³-hybridized carbons (Fsp3) is 0.688. The molecule has 3 rings (SSSR count). The molecule has 2 aliphatic carbocycles. The van der Waals surface area contributed by atoms with Crippen molar-refractivity contribution in [3.05, 3.63) is 17.8 Å². The number of carbonyl (C=O) groups is 2. The second-order valence-electron chi connectivity index (χ2n) is 6.54. The van der Waals surface area contributed by atoms with E-state index < -0.39 is 5.97 Å². The van der Waals surface area contributed by atoms with Crippen molar-refractivity contribution in [1.29, 1.82) is 0 Å². The molecule has 2 N–H and O–H groups in total. The number of hydrogen-bond donors (Lipinski definition) is 2. The molecule has 2 aliphatic rings. The Labute approximate surface area is 135 Å². The smallest absolute Gasteiger partial charge is 0.317 e. The third-order valence-corrected chi connectivity index (χ3v) is 4.67. The van der Waals surface area contributed by atoms with Gasteiger partial charge in [0, 0.05) is 25.0 Å². The van der Waals surface area contributed by atoms with Crippen molar-refractivity contribution >= 4 is 11.9 Å². The summed E-state index contributed by atoms with van der Waals surface area (Å²) in [4.78, 5) is 29.2. The molecule has 1 aromatic heterocycles. The van der Waals surface area contributed by atoms with Crippen molar-refractivity contribution in [2.45, 2.75) is 51.1 Å². The highest BCUT2D eigenvalue weighted by Crippen LogP contribution is 2.33. The van der Waals surface area contributed by atoms with Gasteiger partial charge < -0.3 is 14.8 Å². The number of aromatic nitrogens is 1. The van der Waals surface area contributed by atoms with Gasteiger partial charge in [-0.2, -0.15) is 0 Å². The number of nitrogens with zero attached hydrogens (tertiary/aromatic N) is 2. The molecule has 0 unspecified atom stereocenters. The van der Waals surface area contributed by atoms with Crippen LogP contribution in [0.25, 0.3) is 0 Å². The molecule has 23 heavy (non-hydrogen) atoms. The van der Waals surface area contributed by atoms with Crippen LogP contribution in [-0.4, -0.2) is 52.0 Å². The van der Waals surface area contributed by atoms with Gasteiger partial charge in [0.2, 0.25) is 0 Å². The van der Waals surface area contributed by atoms with Crippen LogP contribution in [0.1, 0.15) is 48.9 Å². The van der Waals surface area contributed by atoms with Crippen molar-refractivity contribution in [3.8, 4) is 0 Å². The maximum absolute atomic E-state index is 12.2. The van der Waals surface area contributed by atoms with Crippen LogP contribution >= 0.6 is 0 Å². The van der Waals surface area contributed by atoms with Gasteiger partial charge in [0.05, 0.1) is 6.54 Å². The third-order valence-electron chi connectivity index (χ3n) is 4.67. The van der Waals surface area contributed by atoms with E-state index >= 15 is 0 Å². The number of hydrogen-bond acceptors (Lipinski definition) is 5. The summed E-state index contributed by atoms with van der Waals surface area (Å²) >= 11 is 0. The Hall–Kier alpha value is -1.89. The Bertz CT molecular complexity index is 576. The fourth-order valence-electron chi connectivity index (χ4n) is 3.11. The Morgan fingerprint density at radius 1 is 1.43 bits per heavy atom. The van der Waals surface area contributed by atoms with Crippen LogP contribution in [0.5, 0.6) is 0 Å². The first-order valence-corrected chi connectivity index (χ1v) is 8.25. The molecular weight excluding hydrogens is 298 g/mol. The Kier molecular flexibility index (Phi) is 4.66. The van der Waals surface area contributed by atoms with Crippen LogP contribution in [0.4, 0.5) is 0 Å². The molecule has 0 spiro atoms. The molecule has 126 valence electrons. The number of aryl methyl sites for hydroxylation is 1. The molecule has 7 nitrogen and oxygen atoms in total. The van der Waals surface area contributed by atoms with Crippen LogP contribution in [0.3, 0.4) is 0 Å². The lowest BCUT2D eigenvalue weighted by molar-refractivity contribution is -0.139. The largest absolute Gasteiger partial charge is 0.480 e. The molecular formula is C16H23N3O4. The lowest BCUT2D eigenvalue weighted by Gasteiger charge is -2.42. The Balaban J connectivity index is 1.49. The number of nitrogens with one attached hydrogen (secondary N) is 1. The lowest BCUT2D eigenvalue weighted by Crippen LogP contribution is -2.55. The first kappa shape index (κ1) is 16.0. The predicted molar refractivity (Wildman–Crippen MR) is 82.1 cm³/mol. The van der Waals surface area contributed by atoms with Crippen molar-refractivity contribution in [2.24, 2.45) is 5.92 Å². The normalized spacial score (nSPS) is 23.6. The van der Waals surface area contributed by atoms with Gasteiger partial charge in [-0.15, -0.1) is 0 Å². The molecule has 2 fully saturated rings. The van der Waals surface area contributed by atoms with E-state index in [1.54, 1.807) is 0 Å². The minimum atomic E-state index is -0.784. The minimum Gasteiger partial charge on any atom is -0.480 e. The molecule has 0 aromatic carbocycles. The average Bonchev–Trinajstić information content (AvgIpc) is 3.14. The van der Waals surface area contributed by atoms with Crippen LogP contribution < -0.4 is 5.32 Å². The highest BCUT2D eigenvalue weighted by atomic mass is 16.4. The van der Waals surface area contributed by atoms with E-state index in [1.807, 2.05) is 6.92 Å². The topological polar surface area (TPSA) is 95.7 Å². The van der Waals surface area contributed by atoms with Gasteiger partial charge in [0.1, 0.15) is 5.76 Å². The van der Waals surface area contributed by atoms with Crippen molar-refractivity contribution in [3.63, 3.8) is 0 Å². The van der Waals surface area contributed by atoms with Gasteiger partial charge >= 0.3 is 5.97 Å². The maximum atomic E-state index is 12.2. The van der Waals surface area contributed by atoms with Crippen LogP contribution in [0, 0.1) is 5.92 Å². The second kappa shape index (κ2) is 6.70. The summed E-state index contributed by atoms with van der Waals surface area (Å²) in [6.45, 7) is 2.87. The summed E-state index contributed by atoms with van der Waals surface area (Å²) in [6, 6.07) is 0.337. The van der Waals surface area contributed by atoms with E-state index in [0.29, 0.717) is 23.8 Å². The highest BCUT2D eigenvalue weighted by Gasteiger charge is 2.38. The third kappa shape index (κ3) is 3.90. The monoisotopic (exact) mass is 321 g/mol. The number of carbonyl (C=O) groups excluding carboxylic acids is 1. The first-order valence-electron chi connectivity index (χ1n) is 8.25. The number of aliphatic carboxylic acids is 1. The fourth-order valence-corrected chi connectivity index (χ4v) is 3.11. The first-order chi connectivity index (χ1) is 11.1. The molecule has 1 heterocycles. The Morgan fingerprint density at radius 2 is 2.17 bits per heavy atom. The zero-order valence-corrected chi connectivity index (χ0v) is 13.3. The van der Waals surface area contributed by atoms with E-state index in [-0.39, 0.29) is 24.5 Å². The summed E-state index contributed by atoms with van der Waals surface area (Å²) < 4.78 is 5.18. The molecule has 1 aromatic rings. The SMILES string of the molecule is CCc1ocnc1C(=O)NC1CC(N(CC(=O)O)CC2CC2)C1. The van der Waals surface area contributed by atoms with E-state index in [0.717, 1.165) is 19.4 Å². The number of rotatable bonds is 8. The quantitative estimate of drug-likeness (QED) is 0.749. The van der Waals surface area contributed by atoms with E-state index in [4.69, 9.17) is 9.52 Å². The zero-order valence-electron chi connectivity index (χ0n) is 13.3. The van der Waals surface area contributed by atoms with Crippen LogP contribution in [0.2, 0.25) is 0 Å². The van der Waals surface area contributed by atoms with Gasteiger partial charge in [0.15, 0.2) is 12.1 Å². The summed E-state index contributed by atoms with van der Waals surface area (Å²) in [7, 11) is 0. The van der Waals surface area contributed by atoms with E-state index in [9.17, 15) is 9.59 Å². The Morgan fingerprint density at radius 3 is 2.78 bits per heavy atom. The van der Waals surface area contributed by atoms with Crippen molar-refractivity contribution in [2.75, 3.05) is 13.1 Å². The summed E-state index contributed by atoms with van der Waals surface area (Å²) in [5.41, 5.74) is 0.358. The molecule has 2 saturated carbocycles. The highest BCUT2D eigenvalue weighted by molar-refractivity contribution is 5.93. The van der Waals surface area contributed by atoms with E-state index in [1.165, 1.54) is 19.2 Å². The molecule has 0 bridgehead atoms. The van der Waals surface area contributed by atoms with Crippen LogP contribution in [0.15, 0.2) is 10.8 Å². The standard InChI is InChI=1S/C16H23N3O4/c1-2-13-15(17-9-23-13)16(22)18-11-5-12(6-11)19(8-14(20)21)7-10-3-4-10/h9-12H,2-8H2,1H3,(H,18,22)(H,20,21). The molecule has 1 amide bonds. The predicted octanol–water partition coefficient (Wildman–Crippen LogP) is 1.29. The summed E-state index contributed by atoms with van der Waals surface area (Å²) in [5, 5.41) is 12.0. The van der Waals surface area contributed by atoms with Gasteiger partial charge in [-0.1, -0.05) is 6.92 Å². The van der Waals surface area contributed by atoms with Gasteiger partial charge in [-0.3, -0.25) is 14.5 Å². The molecule has 0 radical (unpaired) electrons. The van der Waals surface area contributed by atoms with Gasteiger partial charge in [0.25, 0.3) is 5.91 Å². The average molecular weight is 321 g/mol. The zero-order chi connectivity index (χ0) is 16.4. The van der Waals surface area contributed by atoms with Crippen molar-refractivity contribution < 1.29 is 19.1 Å². The number of carboxylic acids is 1. The van der Waals surface area contributed by atoms with Gasteiger partial charge in [-0.05, 0) is 31.6 Å². The number of oxazole rings is 1. The molecule has 0 aliphatic heterocycles. The molecule has 0 atom stereocenters. The van der Waals surface area contributed by atoms with Gasteiger partial charge in [-0.25, -0.2) is 4.98 Å². The molecule has 0 saturated heterocycles. The van der Waals surface area contributed by atoms with E-state index in [2.05, 4.69) is 15.2 Å². The summed E-state index contributed by atoms with van der Waals surface area (Å²) in [6.07, 6.45) is 5.92. The van der Waals surface area contributed by atoms with Crippen molar-refractivity contribution in [1.82, 2.24) is 15.2 Å². The molecule has 7 heteroatoms. The minimum absolute atomic E-state index is 0.0874. The lowest BCUT2D eigenvalue weighted by atomic mass is 9.85. The number of amides is 1. The second-order valence-corrected chi connectivity index (χ2v) is 6.54. The van der Waals surface area contributed by atoms with Crippen LogP contribution in [-0.2, 0) is 11.2 Å². The maximum Gasteiger partial charge on any atom is 0.317 e. The number of carboxylic acid groups (broad SMARTS) is 1.